The molecule has 7 heteroatoms. The van der Waals surface area contributed by atoms with E-state index in [-0.39, 0.29) is 35.6 Å². The minimum Gasteiger partial charge on any atom is -0.454 e. The topological polar surface area (TPSA) is 66.9 Å². The Balaban J connectivity index is 0.00000300. The van der Waals surface area contributed by atoms with Gasteiger partial charge in [0.1, 0.15) is 0 Å². The third kappa shape index (κ3) is 6.78. The van der Waals surface area contributed by atoms with Gasteiger partial charge in [-0.15, -0.1) is 24.0 Å². The molecule has 0 saturated heterocycles. The zero-order valence-corrected chi connectivity index (χ0v) is 19.8. The molecule has 0 fully saturated rings. The predicted molar refractivity (Wildman–Crippen MR) is 128 cm³/mol. The van der Waals surface area contributed by atoms with E-state index >= 15 is 0 Å². The molecule has 6 nitrogen and oxygen atoms in total. The van der Waals surface area contributed by atoms with Crippen molar-refractivity contribution in [3.63, 3.8) is 0 Å². The molecule has 1 atom stereocenters. The summed E-state index contributed by atoms with van der Waals surface area (Å²) < 4.78 is 10.8. The molecule has 1 unspecified atom stereocenters. The number of rotatable bonds is 7. The minimum absolute atomic E-state index is 0. The Labute approximate surface area is 190 Å². The highest BCUT2D eigenvalue weighted by atomic mass is 127. The molecular formula is C22H31IN4O2. The van der Waals surface area contributed by atoms with Crippen molar-refractivity contribution in [2.45, 2.75) is 38.9 Å². The maximum Gasteiger partial charge on any atom is 0.231 e. The first-order valence-corrected chi connectivity index (χ1v) is 9.62. The maximum atomic E-state index is 5.43. The molecule has 1 aliphatic rings. The lowest BCUT2D eigenvalue weighted by Crippen LogP contribution is -2.52. The number of benzene rings is 2. The Morgan fingerprint density at radius 3 is 2.52 bits per heavy atom. The average Bonchev–Trinajstić information content (AvgIpc) is 3.16. The van der Waals surface area contributed by atoms with Crippen LogP contribution in [0.25, 0.3) is 0 Å². The molecule has 0 amide bonds. The van der Waals surface area contributed by atoms with E-state index in [1.165, 1.54) is 5.56 Å². The molecule has 0 radical (unpaired) electrons. The number of halogens is 1. The van der Waals surface area contributed by atoms with E-state index in [0.29, 0.717) is 13.3 Å². The number of hydrogen-bond acceptors (Lipinski definition) is 4. The van der Waals surface area contributed by atoms with Gasteiger partial charge in [0, 0.05) is 31.7 Å². The molecule has 3 N–H and O–H groups in total. The van der Waals surface area contributed by atoms with Crippen LogP contribution in [0.3, 0.4) is 0 Å². The zero-order chi connectivity index (χ0) is 20.0. The molecule has 1 heterocycles. The molecule has 0 saturated carbocycles. The van der Waals surface area contributed by atoms with Crippen molar-refractivity contribution in [3.05, 3.63) is 59.7 Å². The normalized spacial score (nSPS) is 14.1. The molecule has 0 spiro atoms. The van der Waals surface area contributed by atoms with E-state index in [0.717, 1.165) is 29.6 Å². The van der Waals surface area contributed by atoms with Gasteiger partial charge in [-0.1, -0.05) is 36.4 Å². The fourth-order valence-corrected chi connectivity index (χ4v) is 3.22. The van der Waals surface area contributed by atoms with Crippen molar-refractivity contribution >= 4 is 29.9 Å². The molecule has 2 aromatic rings. The Bertz CT molecular complexity index is 812. The summed E-state index contributed by atoms with van der Waals surface area (Å²) >= 11 is 0. The molecule has 0 bridgehead atoms. The van der Waals surface area contributed by atoms with Gasteiger partial charge in [-0.25, -0.2) is 0 Å². The molecule has 3 rings (SSSR count). The smallest absolute Gasteiger partial charge is 0.231 e. The number of guanidine groups is 1. The number of hydrogen-bond donors (Lipinski definition) is 3. The molecule has 1 aliphatic heterocycles. The van der Waals surface area contributed by atoms with Gasteiger partial charge in [-0.2, -0.15) is 0 Å². The first-order valence-electron chi connectivity index (χ1n) is 9.62. The van der Waals surface area contributed by atoms with E-state index in [9.17, 15) is 0 Å². The van der Waals surface area contributed by atoms with E-state index < -0.39 is 0 Å². The van der Waals surface area contributed by atoms with Crippen LogP contribution < -0.4 is 25.4 Å². The van der Waals surface area contributed by atoms with Crippen LogP contribution in [0.4, 0.5) is 0 Å². The number of nitrogens with zero attached hydrogens (tertiary/aromatic N) is 1. The quantitative estimate of drug-likeness (QED) is 0.300. The second kappa shape index (κ2) is 10.7. The van der Waals surface area contributed by atoms with Crippen LogP contribution in [0, 0.1) is 0 Å². The Morgan fingerprint density at radius 1 is 1.07 bits per heavy atom. The van der Waals surface area contributed by atoms with Crippen LogP contribution in [-0.4, -0.2) is 31.9 Å². The Morgan fingerprint density at radius 2 is 1.79 bits per heavy atom. The van der Waals surface area contributed by atoms with Gasteiger partial charge >= 0.3 is 0 Å². The highest BCUT2D eigenvalue weighted by Gasteiger charge is 2.21. The van der Waals surface area contributed by atoms with Crippen LogP contribution in [0.1, 0.15) is 37.9 Å². The Kier molecular flexibility index (Phi) is 8.58. The third-order valence-electron chi connectivity index (χ3n) is 4.73. The lowest BCUT2D eigenvalue weighted by molar-refractivity contribution is 0.174. The van der Waals surface area contributed by atoms with E-state index in [2.05, 4.69) is 66.0 Å². The SMILES string of the molecule is CN=C(NCc1ccc2c(c1)OCO2)NCC(C)(C)NC(C)c1ccccc1.I. The predicted octanol–water partition coefficient (Wildman–Crippen LogP) is 3.83. The standard InChI is InChI=1S/C22H30N4O2.HI/c1-16(18-8-6-5-7-9-18)26-22(2,3)14-25-21(23-4)24-13-17-10-11-19-20(12-17)28-15-27-19;/h5-12,16,26H,13-15H2,1-4H3,(H2,23,24,25);1H. The summed E-state index contributed by atoms with van der Waals surface area (Å²) in [5, 5.41) is 10.4. The number of aliphatic imine (C=N–C) groups is 1. The second-order valence-corrected chi connectivity index (χ2v) is 7.63. The van der Waals surface area contributed by atoms with Crippen molar-refractivity contribution in [1.82, 2.24) is 16.0 Å². The summed E-state index contributed by atoms with van der Waals surface area (Å²) in [5.41, 5.74) is 2.29. The van der Waals surface area contributed by atoms with Gasteiger partial charge in [0.15, 0.2) is 17.5 Å². The number of ether oxygens (including phenoxy) is 2. The number of fused-ring (bicyclic) bond motifs is 1. The van der Waals surface area contributed by atoms with E-state index in [1.54, 1.807) is 7.05 Å². The summed E-state index contributed by atoms with van der Waals surface area (Å²) in [6, 6.07) is 16.7. The highest BCUT2D eigenvalue weighted by Crippen LogP contribution is 2.32. The largest absolute Gasteiger partial charge is 0.454 e. The molecule has 2 aromatic carbocycles. The maximum absolute atomic E-state index is 5.43. The summed E-state index contributed by atoms with van der Waals surface area (Å²) in [6.07, 6.45) is 0. The van der Waals surface area contributed by atoms with Gasteiger partial charge in [-0.3, -0.25) is 4.99 Å². The summed E-state index contributed by atoms with van der Waals surface area (Å²) in [6.45, 7) is 8.24. The average molecular weight is 510 g/mol. The highest BCUT2D eigenvalue weighted by molar-refractivity contribution is 14.0. The van der Waals surface area contributed by atoms with Crippen molar-refractivity contribution < 1.29 is 9.47 Å². The summed E-state index contributed by atoms with van der Waals surface area (Å²) in [4.78, 5) is 4.33. The van der Waals surface area contributed by atoms with Crippen LogP contribution in [-0.2, 0) is 6.54 Å². The molecule has 158 valence electrons. The lowest BCUT2D eigenvalue weighted by atomic mass is 10.0. The molecule has 29 heavy (non-hydrogen) atoms. The zero-order valence-electron chi connectivity index (χ0n) is 17.5. The summed E-state index contributed by atoms with van der Waals surface area (Å²) in [7, 11) is 1.78. The van der Waals surface area contributed by atoms with Crippen LogP contribution in [0.2, 0.25) is 0 Å². The summed E-state index contributed by atoms with van der Waals surface area (Å²) in [5.74, 6) is 2.36. The van der Waals surface area contributed by atoms with E-state index in [1.807, 2.05) is 24.3 Å². The van der Waals surface area contributed by atoms with Crippen LogP contribution in [0.15, 0.2) is 53.5 Å². The van der Waals surface area contributed by atoms with Gasteiger partial charge in [-0.05, 0) is 44.0 Å². The molecule has 0 aliphatic carbocycles. The first-order chi connectivity index (χ1) is 13.5. The van der Waals surface area contributed by atoms with Gasteiger partial charge < -0.3 is 25.4 Å². The van der Waals surface area contributed by atoms with Gasteiger partial charge in [0.05, 0.1) is 0 Å². The molecular weight excluding hydrogens is 479 g/mol. The molecule has 0 aromatic heterocycles. The third-order valence-corrected chi connectivity index (χ3v) is 4.73. The van der Waals surface area contributed by atoms with E-state index in [4.69, 9.17) is 9.47 Å². The van der Waals surface area contributed by atoms with Gasteiger partial charge in [0.25, 0.3) is 0 Å². The van der Waals surface area contributed by atoms with Crippen molar-refractivity contribution in [2.75, 3.05) is 20.4 Å². The second-order valence-electron chi connectivity index (χ2n) is 7.63. The fourth-order valence-electron chi connectivity index (χ4n) is 3.22. The first kappa shape index (κ1) is 23.3. The van der Waals surface area contributed by atoms with Crippen molar-refractivity contribution in [2.24, 2.45) is 4.99 Å². The van der Waals surface area contributed by atoms with Crippen LogP contribution >= 0.6 is 24.0 Å². The van der Waals surface area contributed by atoms with Crippen molar-refractivity contribution in [3.8, 4) is 11.5 Å². The monoisotopic (exact) mass is 510 g/mol. The lowest BCUT2D eigenvalue weighted by Gasteiger charge is -2.31. The fraction of sp³-hybridized carbons (Fsp3) is 0.409. The number of nitrogens with one attached hydrogen (secondary N) is 3. The van der Waals surface area contributed by atoms with Crippen LogP contribution in [0.5, 0.6) is 11.5 Å². The van der Waals surface area contributed by atoms with Gasteiger partial charge in [0.2, 0.25) is 6.79 Å². The minimum atomic E-state index is -0.106. The Hall–Kier alpha value is -2.00. The van der Waals surface area contributed by atoms with Crippen molar-refractivity contribution in [1.29, 1.82) is 0 Å².